The van der Waals surface area contributed by atoms with Gasteiger partial charge in [0.05, 0.1) is 18.8 Å². The molecule has 0 bridgehead atoms. The van der Waals surface area contributed by atoms with E-state index in [9.17, 15) is 4.79 Å². The van der Waals surface area contributed by atoms with Crippen molar-refractivity contribution < 1.29 is 9.53 Å². The lowest BCUT2D eigenvalue weighted by Gasteiger charge is -2.24. The average Bonchev–Trinajstić information content (AvgIpc) is 3.26. The Bertz CT molecular complexity index is 1170. The minimum atomic E-state index is -0.0160. The largest absolute Gasteiger partial charge is 0.379 e. The van der Waals surface area contributed by atoms with Crippen molar-refractivity contribution in [3.05, 3.63) is 84.6 Å². The van der Waals surface area contributed by atoms with E-state index in [1.54, 1.807) is 23.3 Å². The summed E-state index contributed by atoms with van der Waals surface area (Å²) in [5, 5.41) is 6.48. The molecule has 156 valence electrons. The molecular weight excluding hydrogens is 390 g/mol. The van der Waals surface area contributed by atoms with E-state index in [1.807, 2.05) is 41.6 Å². The molecule has 1 fully saturated rings. The van der Waals surface area contributed by atoms with Gasteiger partial charge in [0.15, 0.2) is 5.82 Å². The molecular formula is C24H23N5O2. The van der Waals surface area contributed by atoms with Crippen LogP contribution in [-0.4, -0.2) is 56.9 Å². The maximum atomic E-state index is 13.1. The monoisotopic (exact) mass is 413 g/mol. The molecule has 4 heterocycles. The van der Waals surface area contributed by atoms with Gasteiger partial charge >= 0.3 is 0 Å². The lowest BCUT2D eigenvalue weighted by atomic mass is 9.97. The molecule has 31 heavy (non-hydrogen) atoms. The number of hydrogen-bond acceptors (Lipinski definition) is 5. The van der Waals surface area contributed by atoms with Crippen LogP contribution in [0.3, 0.4) is 0 Å². The van der Waals surface area contributed by atoms with E-state index in [0.29, 0.717) is 37.7 Å². The Kier molecular flexibility index (Phi) is 5.41. The minimum Gasteiger partial charge on any atom is -0.379 e. The molecule has 1 aliphatic rings. The SMILES string of the molecule is O=C(c1ccc(-n2cccn2)nc1)N1CCOC[C@@H](Cc2ccc3ccncc3c2)C1. The number of pyridine rings is 2. The zero-order chi connectivity index (χ0) is 21.0. The smallest absolute Gasteiger partial charge is 0.255 e. The molecule has 0 saturated carbocycles. The summed E-state index contributed by atoms with van der Waals surface area (Å²) in [5.41, 5.74) is 1.81. The molecule has 1 atom stereocenters. The molecule has 1 aliphatic heterocycles. The summed E-state index contributed by atoms with van der Waals surface area (Å²) < 4.78 is 7.49. The maximum absolute atomic E-state index is 13.1. The van der Waals surface area contributed by atoms with Gasteiger partial charge in [0.1, 0.15) is 0 Å². The predicted molar refractivity (Wildman–Crippen MR) is 117 cm³/mol. The first kappa shape index (κ1) is 19.4. The quantitative estimate of drug-likeness (QED) is 0.514. The van der Waals surface area contributed by atoms with Crippen LogP contribution in [0.1, 0.15) is 15.9 Å². The van der Waals surface area contributed by atoms with Crippen LogP contribution in [0, 0.1) is 5.92 Å². The molecule has 0 radical (unpaired) electrons. The van der Waals surface area contributed by atoms with Crippen molar-refractivity contribution in [2.75, 3.05) is 26.3 Å². The van der Waals surface area contributed by atoms with Gasteiger partial charge in [0.25, 0.3) is 5.91 Å². The Labute approximate surface area is 180 Å². The third-order valence-electron chi connectivity index (χ3n) is 5.59. The molecule has 3 aromatic heterocycles. The highest BCUT2D eigenvalue weighted by atomic mass is 16.5. The molecule has 0 spiro atoms. The topological polar surface area (TPSA) is 73.1 Å². The molecule has 0 N–H and O–H groups in total. The van der Waals surface area contributed by atoms with Crippen molar-refractivity contribution in [3.8, 4) is 5.82 Å². The third-order valence-corrected chi connectivity index (χ3v) is 5.59. The lowest BCUT2D eigenvalue weighted by molar-refractivity contribution is 0.0737. The van der Waals surface area contributed by atoms with Crippen LogP contribution < -0.4 is 0 Å². The van der Waals surface area contributed by atoms with Crippen molar-refractivity contribution in [1.29, 1.82) is 0 Å². The number of carbonyl (C=O) groups excluding carboxylic acids is 1. The van der Waals surface area contributed by atoms with E-state index < -0.39 is 0 Å². The van der Waals surface area contributed by atoms with E-state index in [0.717, 1.165) is 11.8 Å². The van der Waals surface area contributed by atoms with Gasteiger partial charge in [-0.3, -0.25) is 9.78 Å². The van der Waals surface area contributed by atoms with Crippen molar-refractivity contribution in [2.45, 2.75) is 6.42 Å². The summed E-state index contributed by atoms with van der Waals surface area (Å²) >= 11 is 0. The van der Waals surface area contributed by atoms with Crippen LogP contribution in [0.5, 0.6) is 0 Å². The predicted octanol–water partition coefficient (Wildman–Crippen LogP) is 3.15. The van der Waals surface area contributed by atoms with Crippen molar-refractivity contribution in [2.24, 2.45) is 5.92 Å². The highest BCUT2D eigenvalue weighted by Crippen LogP contribution is 2.20. The van der Waals surface area contributed by atoms with Gasteiger partial charge in [0.2, 0.25) is 0 Å². The highest BCUT2D eigenvalue weighted by Gasteiger charge is 2.24. The van der Waals surface area contributed by atoms with E-state index in [4.69, 9.17) is 4.74 Å². The number of rotatable bonds is 4. The Hall–Kier alpha value is -3.58. The highest BCUT2D eigenvalue weighted by molar-refractivity contribution is 5.94. The van der Waals surface area contributed by atoms with Crippen LogP contribution in [0.15, 0.2) is 73.4 Å². The average molecular weight is 413 g/mol. The fourth-order valence-electron chi connectivity index (χ4n) is 4.02. The van der Waals surface area contributed by atoms with Gasteiger partial charge in [0, 0.05) is 55.4 Å². The molecule has 0 aliphatic carbocycles. The number of benzene rings is 1. The first-order valence-corrected chi connectivity index (χ1v) is 10.4. The number of amides is 1. The van der Waals surface area contributed by atoms with E-state index in [-0.39, 0.29) is 11.8 Å². The summed E-state index contributed by atoms with van der Waals surface area (Å²) in [6.45, 7) is 2.43. The van der Waals surface area contributed by atoms with Crippen LogP contribution in [0.4, 0.5) is 0 Å². The van der Waals surface area contributed by atoms with Gasteiger partial charge in [-0.05, 0) is 47.7 Å². The van der Waals surface area contributed by atoms with Gasteiger partial charge in [-0.15, -0.1) is 0 Å². The van der Waals surface area contributed by atoms with Gasteiger partial charge in [-0.25, -0.2) is 9.67 Å². The summed E-state index contributed by atoms with van der Waals surface area (Å²) in [4.78, 5) is 23.6. The third kappa shape index (κ3) is 4.32. The van der Waals surface area contributed by atoms with Crippen LogP contribution in [0.25, 0.3) is 16.6 Å². The minimum absolute atomic E-state index is 0.0160. The molecule has 7 heteroatoms. The van der Waals surface area contributed by atoms with Crippen LogP contribution in [-0.2, 0) is 11.2 Å². The normalized spacial score (nSPS) is 16.9. The molecule has 1 aromatic carbocycles. The van der Waals surface area contributed by atoms with Gasteiger partial charge in [-0.1, -0.05) is 12.1 Å². The second kappa shape index (κ2) is 8.65. The molecule has 0 unspecified atom stereocenters. The van der Waals surface area contributed by atoms with Gasteiger partial charge in [-0.2, -0.15) is 5.10 Å². The lowest BCUT2D eigenvalue weighted by Crippen LogP contribution is -2.36. The molecule has 1 saturated heterocycles. The standard InChI is InChI=1S/C24H23N5O2/c30-24(21-4-5-23(26-15-21)29-9-1-7-27-29)28-10-11-31-17-19(16-28)12-18-2-3-20-6-8-25-14-22(20)13-18/h1-9,13-15,19H,10-12,16-17H2/t19-/m0/s1. The molecule has 4 aromatic rings. The van der Waals surface area contributed by atoms with Crippen molar-refractivity contribution in [3.63, 3.8) is 0 Å². The number of nitrogens with zero attached hydrogens (tertiary/aromatic N) is 5. The van der Waals surface area contributed by atoms with E-state index in [2.05, 4.69) is 33.3 Å². The Morgan fingerprint density at radius 2 is 2.06 bits per heavy atom. The maximum Gasteiger partial charge on any atom is 0.255 e. The summed E-state index contributed by atoms with van der Waals surface area (Å²) in [5.74, 6) is 0.902. The second-order valence-electron chi connectivity index (χ2n) is 7.81. The zero-order valence-corrected chi connectivity index (χ0v) is 17.1. The number of carbonyl (C=O) groups is 1. The fraction of sp³-hybridized carbons (Fsp3) is 0.250. The second-order valence-corrected chi connectivity index (χ2v) is 7.81. The number of hydrogen-bond donors (Lipinski definition) is 0. The van der Waals surface area contributed by atoms with E-state index >= 15 is 0 Å². The van der Waals surface area contributed by atoms with Crippen molar-refractivity contribution in [1.82, 2.24) is 24.6 Å². The summed E-state index contributed by atoms with van der Waals surface area (Å²) in [7, 11) is 0. The van der Waals surface area contributed by atoms with Crippen molar-refractivity contribution >= 4 is 16.7 Å². The first-order valence-electron chi connectivity index (χ1n) is 10.4. The number of ether oxygens (including phenoxy) is 1. The Morgan fingerprint density at radius 1 is 1.10 bits per heavy atom. The Balaban J connectivity index is 1.29. The fourth-order valence-corrected chi connectivity index (χ4v) is 4.02. The van der Waals surface area contributed by atoms with E-state index in [1.165, 1.54) is 10.9 Å². The summed E-state index contributed by atoms with van der Waals surface area (Å²) in [6, 6.07) is 13.9. The Morgan fingerprint density at radius 3 is 2.90 bits per heavy atom. The summed E-state index contributed by atoms with van der Waals surface area (Å²) in [6.07, 6.45) is 9.69. The van der Waals surface area contributed by atoms with Crippen LogP contribution in [0.2, 0.25) is 0 Å². The van der Waals surface area contributed by atoms with Crippen LogP contribution >= 0.6 is 0 Å². The molecule has 1 amide bonds. The number of aromatic nitrogens is 4. The molecule has 7 nitrogen and oxygen atoms in total. The zero-order valence-electron chi connectivity index (χ0n) is 17.1. The molecule has 5 rings (SSSR count). The van der Waals surface area contributed by atoms with Gasteiger partial charge < -0.3 is 9.64 Å². The first-order chi connectivity index (χ1) is 15.3. The number of fused-ring (bicyclic) bond motifs is 1.